The van der Waals surface area contributed by atoms with Crippen LogP contribution in [0.2, 0.25) is 0 Å². The first-order valence-corrected chi connectivity index (χ1v) is 7.80. The van der Waals surface area contributed by atoms with E-state index in [4.69, 9.17) is 9.47 Å². The highest BCUT2D eigenvalue weighted by atomic mass is 16.5. The minimum absolute atomic E-state index is 0.0544. The monoisotopic (exact) mass is 299 g/mol. The Bertz CT molecular complexity index is 644. The van der Waals surface area contributed by atoms with Crippen LogP contribution in [-0.2, 0) is 9.53 Å². The Hall–Kier alpha value is -2.07. The van der Waals surface area contributed by atoms with E-state index in [1.165, 1.54) is 0 Å². The lowest BCUT2D eigenvalue weighted by Crippen LogP contribution is -2.47. The molecule has 1 heterocycles. The van der Waals surface area contributed by atoms with E-state index < -0.39 is 6.10 Å². The number of carbonyl (C=O) groups excluding carboxylic acids is 1. The van der Waals surface area contributed by atoms with Crippen molar-refractivity contribution in [1.29, 1.82) is 0 Å². The molecule has 3 rings (SSSR count). The SMILES string of the molecule is CC[C@H](Oc1cccc2ccccc12)C(=O)N1CCOCC1. The molecule has 1 aliphatic heterocycles. The third kappa shape index (κ3) is 3.07. The Morgan fingerprint density at radius 2 is 1.91 bits per heavy atom. The lowest BCUT2D eigenvalue weighted by Gasteiger charge is -2.30. The van der Waals surface area contributed by atoms with E-state index in [2.05, 4.69) is 0 Å². The fourth-order valence-electron chi connectivity index (χ4n) is 2.75. The van der Waals surface area contributed by atoms with Gasteiger partial charge in [0.15, 0.2) is 6.10 Å². The first-order chi connectivity index (χ1) is 10.8. The van der Waals surface area contributed by atoms with Crippen molar-refractivity contribution < 1.29 is 14.3 Å². The molecule has 1 saturated heterocycles. The summed E-state index contributed by atoms with van der Waals surface area (Å²) in [6.07, 6.45) is 0.211. The second-order valence-corrected chi connectivity index (χ2v) is 5.43. The number of ether oxygens (including phenoxy) is 2. The molecule has 1 amide bonds. The van der Waals surface area contributed by atoms with Gasteiger partial charge in [0.05, 0.1) is 13.2 Å². The molecule has 2 aromatic rings. The fraction of sp³-hybridized carbons (Fsp3) is 0.389. The molecule has 1 fully saturated rings. The number of morpholine rings is 1. The van der Waals surface area contributed by atoms with Gasteiger partial charge in [-0.1, -0.05) is 43.3 Å². The quantitative estimate of drug-likeness (QED) is 0.871. The highest BCUT2D eigenvalue weighted by molar-refractivity contribution is 5.89. The van der Waals surface area contributed by atoms with Crippen LogP contribution in [0.4, 0.5) is 0 Å². The summed E-state index contributed by atoms with van der Waals surface area (Å²) in [6.45, 7) is 4.49. The van der Waals surface area contributed by atoms with Gasteiger partial charge in [0, 0.05) is 18.5 Å². The molecule has 1 aliphatic rings. The lowest BCUT2D eigenvalue weighted by atomic mass is 10.1. The molecule has 0 unspecified atom stereocenters. The minimum atomic E-state index is -0.441. The molecule has 116 valence electrons. The summed E-state index contributed by atoms with van der Waals surface area (Å²) < 4.78 is 11.4. The van der Waals surface area contributed by atoms with Crippen LogP contribution in [0.5, 0.6) is 5.75 Å². The first kappa shape index (κ1) is 14.9. The second kappa shape index (κ2) is 6.79. The molecule has 0 N–H and O–H groups in total. The minimum Gasteiger partial charge on any atom is -0.480 e. The highest BCUT2D eigenvalue weighted by Gasteiger charge is 2.26. The van der Waals surface area contributed by atoms with E-state index in [1.807, 2.05) is 54.3 Å². The van der Waals surface area contributed by atoms with E-state index in [-0.39, 0.29) is 5.91 Å². The van der Waals surface area contributed by atoms with Gasteiger partial charge in [0.25, 0.3) is 5.91 Å². The van der Waals surface area contributed by atoms with Gasteiger partial charge in [-0.15, -0.1) is 0 Å². The number of carbonyl (C=O) groups is 1. The average molecular weight is 299 g/mol. The van der Waals surface area contributed by atoms with Gasteiger partial charge in [-0.2, -0.15) is 0 Å². The van der Waals surface area contributed by atoms with Crippen LogP contribution in [0, 0.1) is 0 Å². The summed E-state index contributed by atoms with van der Waals surface area (Å²) >= 11 is 0. The molecule has 0 aromatic heterocycles. The molecule has 0 bridgehead atoms. The summed E-state index contributed by atoms with van der Waals surface area (Å²) in [4.78, 5) is 14.5. The topological polar surface area (TPSA) is 38.8 Å². The Kier molecular flexibility index (Phi) is 4.59. The van der Waals surface area contributed by atoms with Crippen molar-refractivity contribution in [2.24, 2.45) is 0 Å². The Labute approximate surface area is 130 Å². The van der Waals surface area contributed by atoms with E-state index in [1.54, 1.807) is 0 Å². The maximum atomic E-state index is 12.6. The predicted molar refractivity (Wildman–Crippen MR) is 86.1 cm³/mol. The summed E-state index contributed by atoms with van der Waals surface area (Å²) in [5.41, 5.74) is 0. The molecule has 0 spiro atoms. The zero-order valence-corrected chi connectivity index (χ0v) is 12.8. The highest BCUT2D eigenvalue weighted by Crippen LogP contribution is 2.26. The van der Waals surface area contributed by atoms with Crippen molar-refractivity contribution in [3.05, 3.63) is 42.5 Å². The van der Waals surface area contributed by atoms with E-state index in [9.17, 15) is 4.79 Å². The number of hydrogen-bond acceptors (Lipinski definition) is 3. The Morgan fingerprint density at radius 3 is 2.68 bits per heavy atom. The lowest BCUT2D eigenvalue weighted by molar-refractivity contribution is -0.142. The number of nitrogens with zero attached hydrogens (tertiary/aromatic N) is 1. The van der Waals surface area contributed by atoms with Crippen LogP contribution in [-0.4, -0.2) is 43.2 Å². The van der Waals surface area contributed by atoms with E-state index in [0.717, 1.165) is 16.5 Å². The van der Waals surface area contributed by atoms with Crippen LogP contribution in [0.3, 0.4) is 0 Å². The number of amides is 1. The standard InChI is InChI=1S/C18H21NO3/c1-2-16(18(20)19-10-12-21-13-11-19)22-17-9-5-7-14-6-3-4-8-15(14)17/h3-9,16H,2,10-13H2,1H3/t16-/m0/s1. The van der Waals surface area contributed by atoms with Crippen molar-refractivity contribution in [1.82, 2.24) is 4.90 Å². The zero-order chi connectivity index (χ0) is 15.4. The first-order valence-electron chi connectivity index (χ1n) is 7.80. The maximum Gasteiger partial charge on any atom is 0.263 e. The second-order valence-electron chi connectivity index (χ2n) is 5.43. The Morgan fingerprint density at radius 1 is 1.18 bits per heavy atom. The number of benzene rings is 2. The van der Waals surface area contributed by atoms with Crippen molar-refractivity contribution in [3.63, 3.8) is 0 Å². The average Bonchev–Trinajstić information content (AvgIpc) is 2.60. The third-order valence-corrected chi connectivity index (χ3v) is 3.99. The summed E-state index contributed by atoms with van der Waals surface area (Å²) in [5, 5.41) is 2.16. The molecular weight excluding hydrogens is 278 g/mol. The summed E-state index contributed by atoms with van der Waals surface area (Å²) in [5.74, 6) is 0.824. The van der Waals surface area contributed by atoms with E-state index >= 15 is 0 Å². The Balaban J connectivity index is 1.80. The van der Waals surface area contributed by atoms with Crippen LogP contribution in [0.15, 0.2) is 42.5 Å². The molecule has 0 saturated carbocycles. The molecule has 0 aliphatic carbocycles. The number of hydrogen-bond donors (Lipinski definition) is 0. The van der Waals surface area contributed by atoms with Crippen molar-refractivity contribution in [2.45, 2.75) is 19.4 Å². The molecule has 0 radical (unpaired) electrons. The number of rotatable bonds is 4. The molecule has 2 aromatic carbocycles. The fourth-order valence-corrected chi connectivity index (χ4v) is 2.75. The van der Waals surface area contributed by atoms with Crippen molar-refractivity contribution >= 4 is 16.7 Å². The van der Waals surface area contributed by atoms with Gasteiger partial charge < -0.3 is 14.4 Å². The molecular formula is C18H21NO3. The molecule has 22 heavy (non-hydrogen) atoms. The van der Waals surface area contributed by atoms with Crippen molar-refractivity contribution in [3.8, 4) is 5.75 Å². The third-order valence-electron chi connectivity index (χ3n) is 3.99. The largest absolute Gasteiger partial charge is 0.480 e. The molecule has 1 atom stereocenters. The van der Waals surface area contributed by atoms with Gasteiger partial charge in [0.2, 0.25) is 0 Å². The van der Waals surface area contributed by atoms with Crippen LogP contribution in [0.25, 0.3) is 10.8 Å². The van der Waals surface area contributed by atoms with Crippen LogP contribution in [0.1, 0.15) is 13.3 Å². The maximum absolute atomic E-state index is 12.6. The normalized spacial score (nSPS) is 16.5. The number of fused-ring (bicyclic) bond motifs is 1. The van der Waals surface area contributed by atoms with Gasteiger partial charge in [0.1, 0.15) is 5.75 Å². The van der Waals surface area contributed by atoms with Crippen molar-refractivity contribution in [2.75, 3.05) is 26.3 Å². The summed E-state index contributed by atoms with van der Waals surface area (Å²) in [6, 6.07) is 14.0. The molecule has 4 nitrogen and oxygen atoms in total. The smallest absolute Gasteiger partial charge is 0.263 e. The van der Waals surface area contributed by atoms with Gasteiger partial charge in [-0.3, -0.25) is 4.79 Å². The summed E-state index contributed by atoms with van der Waals surface area (Å²) in [7, 11) is 0. The zero-order valence-electron chi connectivity index (χ0n) is 12.8. The predicted octanol–water partition coefficient (Wildman–Crippen LogP) is 2.86. The van der Waals surface area contributed by atoms with E-state index in [0.29, 0.717) is 32.7 Å². The van der Waals surface area contributed by atoms with Crippen LogP contribution < -0.4 is 4.74 Å². The van der Waals surface area contributed by atoms with Gasteiger partial charge >= 0.3 is 0 Å². The molecule has 4 heteroatoms. The van der Waals surface area contributed by atoms with Gasteiger partial charge in [-0.25, -0.2) is 0 Å². The van der Waals surface area contributed by atoms with Crippen LogP contribution >= 0.6 is 0 Å². The van der Waals surface area contributed by atoms with Gasteiger partial charge in [-0.05, 0) is 17.9 Å².